The molecule has 0 unspecified atom stereocenters. The molecule has 0 fully saturated rings. The first-order valence-electron chi connectivity index (χ1n) is 8.29. The van der Waals surface area contributed by atoms with Gasteiger partial charge in [-0.1, -0.05) is 20.8 Å². The van der Waals surface area contributed by atoms with Crippen molar-refractivity contribution in [1.29, 1.82) is 0 Å². The zero-order valence-electron chi connectivity index (χ0n) is 15.4. The fourth-order valence-electron chi connectivity index (χ4n) is 2.50. The molecule has 3 aromatic heterocycles. The number of anilines is 1. The van der Waals surface area contributed by atoms with Crippen LogP contribution in [0.2, 0.25) is 0 Å². The van der Waals surface area contributed by atoms with Crippen LogP contribution in [0.5, 0.6) is 0 Å². The molecule has 0 saturated heterocycles. The maximum Gasteiger partial charge on any atom is 0.267 e. The third kappa shape index (κ3) is 3.42. The third-order valence-corrected chi connectivity index (χ3v) is 5.41. The summed E-state index contributed by atoms with van der Waals surface area (Å²) in [6.07, 6.45) is 3.44. The molecule has 0 aliphatic rings. The number of nitrogens with one attached hydrogen (secondary N) is 1. The van der Waals surface area contributed by atoms with Gasteiger partial charge in [-0.15, -0.1) is 11.3 Å². The smallest absolute Gasteiger partial charge is 0.267 e. The Bertz CT molecular complexity index is 933. The van der Waals surface area contributed by atoms with Crippen molar-refractivity contribution in [3.8, 4) is 0 Å². The molecule has 3 heterocycles. The number of aromatic nitrogens is 4. The molecule has 1 amide bonds. The van der Waals surface area contributed by atoms with Crippen LogP contribution in [0.4, 0.5) is 5.69 Å². The van der Waals surface area contributed by atoms with Gasteiger partial charge in [-0.05, 0) is 26.8 Å². The Kier molecular flexibility index (Phi) is 4.36. The summed E-state index contributed by atoms with van der Waals surface area (Å²) in [4.78, 5) is 22.3. The number of nitrogens with zero attached hydrogens (tertiary/aromatic N) is 4. The Morgan fingerprint density at radius 1 is 1.28 bits per heavy atom. The number of aryl methyl sites for hydroxylation is 1. The Labute approximate surface area is 151 Å². The molecule has 3 aromatic rings. The quantitative estimate of drug-likeness (QED) is 0.757. The summed E-state index contributed by atoms with van der Waals surface area (Å²) in [5.74, 6) is -0.150. The highest BCUT2D eigenvalue weighted by Crippen LogP contribution is 2.30. The van der Waals surface area contributed by atoms with Gasteiger partial charge in [-0.25, -0.2) is 14.6 Å². The molecule has 0 bridgehead atoms. The van der Waals surface area contributed by atoms with E-state index < -0.39 is 0 Å². The fraction of sp³-hybridized carbons (Fsp3) is 0.444. The summed E-state index contributed by atoms with van der Waals surface area (Å²) in [7, 11) is 0. The molecule has 0 aromatic carbocycles. The van der Waals surface area contributed by atoms with E-state index in [9.17, 15) is 4.79 Å². The average molecular weight is 357 g/mol. The van der Waals surface area contributed by atoms with E-state index in [1.807, 2.05) is 17.7 Å². The number of hydrogen-bond donors (Lipinski definition) is 1. The Balaban J connectivity index is 1.86. The largest absolute Gasteiger partial charge is 0.320 e. The standard InChI is InChI=1S/C18H23N5OS/c1-10(2)23-15-12(8-20-23)7-13(9-19-15)22-16(24)14-11(3)21-17(25-14)18(4,5)6/h7-10H,1-6H3,(H,22,24). The van der Waals surface area contributed by atoms with E-state index in [0.29, 0.717) is 10.6 Å². The lowest BCUT2D eigenvalue weighted by atomic mass is 9.98. The minimum absolute atomic E-state index is 0.0696. The van der Waals surface area contributed by atoms with Crippen molar-refractivity contribution in [2.75, 3.05) is 5.32 Å². The predicted molar refractivity (Wildman–Crippen MR) is 101 cm³/mol. The SMILES string of the molecule is Cc1nc(C(C)(C)C)sc1C(=O)Nc1cnc2c(cnn2C(C)C)c1. The van der Waals surface area contributed by atoms with Crippen LogP contribution in [-0.2, 0) is 5.41 Å². The van der Waals surface area contributed by atoms with Crippen LogP contribution in [0.1, 0.15) is 61.0 Å². The number of fused-ring (bicyclic) bond motifs is 1. The number of amides is 1. The van der Waals surface area contributed by atoms with Crippen LogP contribution in [0.15, 0.2) is 18.5 Å². The maximum atomic E-state index is 12.6. The second kappa shape index (κ2) is 6.22. The van der Waals surface area contributed by atoms with Gasteiger partial charge in [0.05, 0.1) is 28.8 Å². The van der Waals surface area contributed by atoms with Crippen LogP contribution >= 0.6 is 11.3 Å². The van der Waals surface area contributed by atoms with Crippen molar-refractivity contribution < 1.29 is 4.79 Å². The molecule has 0 saturated carbocycles. The summed E-state index contributed by atoms with van der Waals surface area (Å²) >= 11 is 1.45. The third-order valence-electron chi connectivity index (χ3n) is 3.82. The monoisotopic (exact) mass is 357 g/mol. The Morgan fingerprint density at radius 3 is 2.60 bits per heavy atom. The van der Waals surface area contributed by atoms with E-state index in [-0.39, 0.29) is 17.4 Å². The second-order valence-electron chi connectivity index (χ2n) is 7.46. The van der Waals surface area contributed by atoms with E-state index in [1.165, 1.54) is 11.3 Å². The van der Waals surface area contributed by atoms with Crippen LogP contribution in [0, 0.1) is 6.92 Å². The summed E-state index contributed by atoms with van der Waals surface area (Å²) in [6, 6.07) is 2.13. The van der Waals surface area contributed by atoms with Gasteiger partial charge in [0.2, 0.25) is 0 Å². The van der Waals surface area contributed by atoms with Gasteiger partial charge in [-0.2, -0.15) is 5.10 Å². The maximum absolute atomic E-state index is 12.6. The molecule has 132 valence electrons. The number of thiazole rings is 1. The molecular weight excluding hydrogens is 334 g/mol. The highest BCUT2D eigenvalue weighted by Gasteiger charge is 2.23. The van der Waals surface area contributed by atoms with Gasteiger partial charge in [0, 0.05) is 16.8 Å². The fourth-order valence-corrected chi connectivity index (χ4v) is 3.52. The van der Waals surface area contributed by atoms with Crippen LogP contribution < -0.4 is 5.32 Å². The van der Waals surface area contributed by atoms with Gasteiger partial charge in [0.15, 0.2) is 5.65 Å². The van der Waals surface area contributed by atoms with Gasteiger partial charge >= 0.3 is 0 Å². The van der Waals surface area contributed by atoms with E-state index in [1.54, 1.807) is 12.4 Å². The Hall–Kier alpha value is -2.28. The van der Waals surface area contributed by atoms with E-state index >= 15 is 0 Å². The molecule has 7 heteroatoms. The number of pyridine rings is 1. The lowest BCUT2D eigenvalue weighted by molar-refractivity contribution is 0.103. The van der Waals surface area contributed by atoms with Crippen LogP contribution in [0.25, 0.3) is 11.0 Å². The molecule has 0 aliphatic heterocycles. The van der Waals surface area contributed by atoms with Crippen molar-refractivity contribution in [3.63, 3.8) is 0 Å². The molecule has 0 spiro atoms. The van der Waals surface area contributed by atoms with Gasteiger partial charge < -0.3 is 5.32 Å². The van der Waals surface area contributed by atoms with Crippen molar-refractivity contribution in [3.05, 3.63) is 34.0 Å². The van der Waals surface area contributed by atoms with Crippen molar-refractivity contribution in [2.24, 2.45) is 0 Å². The van der Waals surface area contributed by atoms with E-state index in [0.717, 1.165) is 21.7 Å². The lowest BCUT2D eigenvalue weighted by Gasteiger charge is -2.13. The first-order chi connectivity index (χ1) is 11.7. The molecule has 3 rings (SSSR count). The van der Waals surface area contributed by atoms with Crippen LogP contribution in [-0.4, -0.2) is 25.7 Å². The number of rotatable bonds is 3. The van der Waals surface area contributed by atoms with Crippen molar-refractivity contribution in [1.82, 2.24) is 19.7 Å². The first kappa shape index (κ1) is 17.5. The van der Waals surface area contributed by atoms with Crippen molar-refractivity contribution in [2.45, 2.75) is 53.0 Å². The van der Waals surface area contributed by atoms with Crippen molar-refractivity contribution >= 4 is 34.0 Å². The number of carbonyl (C=O) groups is 1. The molecule has 0 atom stereocenters. The summed E-state index contributed by atoms with van der Waals surface area (Å²) in [5, 5.41) is 9.14. The lowest BCUT2D eigenvalue weighted by Crippen LogP contribution is -2.12. The van der Waals surface area contributed by atoms with Gasteiger partial charge in [0.1, 0.15) is 4.88 Å². The molecule has 1 N–H and O–H groups in total. The summed E-state index contributed by atoms with van der Waals surface area (Å²) < 4.78 is 1.86. The highest BCUT2D eigenvalue weighted by atomic mass is 32.1. The van der Waals surface area contributed by atoms with Crippen LogP contribution in [0.3, 0.4) is 0 Å². The normalized spacial score (nSPS) is 12.1. The summed E-state index contributed by atoms with van der Waals surface area (Å²) in [6.45, 7) is 12.3. The molecule has 6 nitrogen and oxygen atoms in total. The van der Waals surface area contributed by atoms with Gasteiger partial charge in [-0.3, -0.25) is 4.79 Å². The zero-order chi connectivity index (χ0) is 18.4. The van der Waals surface area contributed by atoms with E-state index in [2.05, 4.69) is 55.0 Å². The topological polar surface area (TPSA) is 72.7 Å². The first-order valence-corrected chi connectivity index (χ1v) is 9.11. The summed E-state index contributed by atoms with van der Waals surface area (Å²) in [5.41, 5.74) is 2.16. The average Bonchev–Trinajstić information content (AvgIpc) is 3.09. The molecule has 0 aliphatic carbocycles. The molecular formula is C18H23N5OS. The second-order valence-corrected chi connectivity index (χ2v) is 8.46. The van der Waals surface area contributed by atoms with E-state index in [4.69, 9.17) is 0 Å². The minimum atomic E-state index is -0.150. The highest BCUT2D eigenvalue weighted by molar-refractivity contribution is 7.14. The molecule has 25 heavy (non-hydrogen) atoms. The Morgan fingerprint density at radius 2 is 2.00 bits per heavy atom. The molecule has 0 radical (unpaired) electrons. The number of hydrogen-bond acceptors (Lipinski definition) is 5. The zero-order valence-corrected chi connectivity index (χ0v) is 16.2. The predicted octanol–water partition coefficient (Wildman–Crippen LogP) is 4.33. The minimum Gasteiger partial charge on any atom is -0.320 e. The number of carbonyl (C=O) groups excluding carboxylic acids is 1. The van der Waals surface area contributed by atoms with Gasteiger partial charge in [0.25, 0.3) is 5.91 Å².